The molecule has 7 heteroatoms. The number of amidine groups is 1. The summed E-state index contributed by atoms with van der Waals surface area (Å²) in [5, 5.41) is 19.5. The van der Waals surface area contributed by atoms with Gasteiger partial charge < -0.3 is 10.5 Å². The second kappa shape index (κ2) is 7.67. The van der Waals surface area contributed by atoms with Crippen LogP contribution in [0.15, 0.2) is 39.9 Å². The maximum Gasteiger partial charge on any atom is 0.316 e. The van der Waals surface area contributed by atoms with Crippen molar-refractivity contribution in [2.75, 3.05) is 12.9 Å². The average molecular weight is 340 g/mol. The van der Waals surface area contributed by atoms with Crippen molar-refractivity contribution in [2.24, 2.45) is 16.6 Å². The number of carbonyl (C=O) groups is 1. The van der Waals surface area contributed by atoms with Crippen molar-refractivity contribution in [3.63, 3.8) is 0 Å². The molecule has 24 heavy (non-hydrogen) atoms. The zero-order chi connectivity index (χ0) is 17.7. The van der Waals surface area contributed by atoms with Crippen molar-refractivity contribution in [1.82, 2.24) is 0 Å². The Hall–Kier alpha value is -2.77. The van der Waals surface area contributed by atoms with Gasteiger partial charge >= 0.3 is 5.97 Å². The minimum Gasteiger partial charge on any atom is -0.468 e. The van der Waals surface area contributed by atoms with Crippen LogP contribution < -0.4 is 5.73 Å². The number of aliphatic imine (C=N–C) groups is 1. The van der Waals surface area contributed by atoms with Gasteiger partial charge in [0.15, 0.2) is 0 Å². The molecule has 0 saturated heterocycles. The van der Waals surface area contributed by atoms with E-state index < -0.39 is 17.8 Å². The summed E-state index contributed by atoms with van der Waals surface area (Å²) >= 11 is 1.09. The highest BCUT2D eigenvalue weighted by molar-refractivity contribution is 8.03. The average Bonchev–Trinajstić information content (AvgIpc) is 2.59. The predicted octanol–water partition coefficient (Wildman–Crippen LogP) is 2.23. The molecule has 0 bridgehead atoms. The number of hydrogen-bond acceptors (Lipinski definition) is 7. The van der Waals surface area contributed by atoms with Gasteiger partial charge in [-0.2, -0.15) is 10.5 Å². The summed E-state index contributed by atoms with van der Waals surface area (Å²) in [5.41, 5.74) is 8.13. The second-order valence-electron chi connectivity index (χ2n) is 5.17. The number of ether oxygens (including phenoxy) is 1. The fourth-order valence-electron chi connectivity index (χ4n) is 2.54. The zero-order valence-electron chi connectivity index (χ0n) is 13.3. The summed E-state index contributed by atoms with van der Waals surface area (Å²) in [6, 6.07) is 11.8. The molecule has 122 valence electrons. The molecule has 1 aliphatic heterocycles. The fraction of sp³-hybridized carbons (Fsp3) is 0.294. The Labute approximate surface area is 144 Å². The summed E-state index contributed by atoms with van der Waals surface area (Å²) in [6.45, 7) is 1.92. The normalized spacial score (nSPS) is 19.9. The lowest BCUT2D eigenvalue weighted by atomic mass is 9.78. The summed E-state index contributed by atoms with van der Waals surface area (Å²) in [7, 11) is 1.29. The third-order valence-electron chi connectivity index (χ3n) is 3.76. The number of nitrogens with two attached hydrogens (primary N) is 1. The smallest absolute Gasteiger partial charge is 0.316 e. The zero-order valence-corrected chi connectivity index (χ0v) is 14.1. The van der Waals surface area contributed by atoms with E-state index in [0.29, 0.717) is 10.6 Å². The molecule has 0 aliphatic carbocycles. The lowest BCUT2D eigenvalue weighted by molar-refractivity contribution is -0.137. The molecule has 0 fully saturated rings. The molecule has 1 heterocycles. The van der Waals surface area contributed by atoms with Gasteiger partial charge in [0.2, 0.25) is 0 Å². The third kappa shape index (κ3) is 3.42. The Morgan fingerprint density at radius 1 is 1.42 bits per heavy atom. The van der Waals surface area contributed by atoms with E-state index in [2.05, 4.69) is 21.9 Å². The van der Waals surface area contributed by atoms with Gasteiger partial charge in [-0.3, -0.25) is 4.79 Å². The molecule has 1 aromatic rings. The van der Waals surface area contributed by atoms with Crippen LogP contribution in [0.1, 0.15) is 17.0 Å². The van der Waals surface area contributed by atoms with E-state index in [-0.39, 0.29) is 11.6 Å². The number of nitrogens with zero attached hydrogens (tertiary/aromatic N) is 3. The van der Waals surface area contributed by atoms with E-state index in [1.165, 1.54) is 7.11 Å². The molecule has 1 aromatic carbocycles. The van der Waals surface area contributed by atoms with Crippen molar-refractivity contribution < 1.29 is 9.53 Å². The lowest BCUT2D eigenvalue weighted by Gasteiger charge is -2.27. The first-order valence-corrected chi connectivity index (χ1v) is 8.15. The van der Waals surface area contributed by atoms with Crippen LogP contribution in [0, 0.1) is 35.5 Å². The summed E-state index contributed by atoms with van der Waals surface area (Å²) in [5.74, 6) is -1.47. The van der Waals surface area contributed by atoms with Gasteiger partial charge in [0, 0.05) is 5.92 Å². The number of carbonyl (C=O) groups excluding carboxylic acids is 1. The molecule has 2 N–H and O–H groups in total. The van der Waals surface area contributed by atoms with Gasteiger partial charge in [-0.15, -0.1) is 0 Å². The Kier molecular flexibility index (Phi) is 5.62. The number of rotatable bonds is 4. The Morgan fingerprint density at radius 3 is 2.71 bits per heavy atom. The van der Waals surface area contributed by atoms with Gasteiger partial charge in [-0.25, -0.2) is 4.99 Å². The van der Waals surface area contributed by atoms with Crippen molar-refractivity contribution in [1.29, 1.82) is 10.5 Å². The molecule has 0 radical (unpaired) electrons. The molecule has 1 aliphatic rings. The van der Waals surface area contributed by atoms with Gasteiger partial charge in [0.25, 0.3) is 0 Å². The van der Waals surface area contributed by atoms with Crippen LogP contribution in [-0.4, -0.2) is 24.7 Å². The van der Waals surface area contributed by atoms with Gasteiger partial charge in [-0.1, -0.05) is 36.0 Å². The van der Waals surface area contributed by atoms with E-state index >= 15 is 0 Å². The topological polar surface area (TPSA) is 112 Å². The molecule has 0 aromatic heterocycles. The highest BCUT2D eigenvalue weighted by Crippen LogP contribution is 2.41. The molecular weight excluding hydrogens is 324 g/mol. The van der Waals surface area contributed by atoms with Crippen LogP contribution in [0.3, 0.4) is 0 Å². The number of benzene rings is 1. The standard InChI is InChI=1S/C17H16N4O2S/c1-10-5-3-4-6-11(10)15-12(7-18)16(20)21-17(13(15)8-19)24-9-14(22)23-2/h3-6,12,15H,9H2,1-2H3,(H2,20,21)/t12?,15-/m0/s1. The molecule has 2 rings (SSSR count). The van der Waals surface area contributed by atoms with Crippen LogP contribution in [0.4, 0.5) is 0 Å². The van der Waals surface area contributed by atoms with E-state index in [1.54, 1.807) is 0 Å². The molecular formula is C17H16N4O2S. The van der Waals surface area contributed by atoms with E-state index in [4.69, 9.17) is 5.73 Å². The molecule has 6 nitrogen and oxygen atoms in total. The molecule has 0 saturated carbocycles. The summed E-state index contributed by atoms with van der Waals surface area (Å²) in [4.78, 5) is 15.6. The first-order chi connectivity index (χ1) is 11.5. The SMILES string of the molecule is COC(=O)CSC1=C(C#N)[C@@H](c2ccccc2C)C(C#N)C(N)=N1. The monoisotopic (exact) mass is 340 g/mol. The molecule has 0 spiro atoms. The van der Waals surface area contributed by atoms with Crippen molar-refractivity contribution in [3.05, 3.63) is 46.0 Å². The van der Waals surface area contributed by atoms with Gasteiger partial charge in [-0.05, 0) is 18.1 Å². The quantitative estimate of drug-likeness (QED) is 0.841. The Morgan fingerprint density at radius 2 is 2.12 bits per heavy atom. The molecule has 2 atom stereocenters. The number of esters is 1. The summed E-state index contributed by atoms with van der Waals surface area (Å²) < 4.78 is 4.61. The predicted molar refractivity (Wildman–Crippen MR) is 91.8 cm³/mol. The Bertz CT molecular complexity index is 802. The van der Waals surface area contributed by atoms with Crippen molar-refractivity contribution >= 4 is 23.6 Å². The number of thioether (sulfide) groups is 1. The lowest BCUT2D eigenvalue weighted by Crippen LogP contribution is -2.32. The second-order valence-corrected chi connectivity index (χ2v) is 6.14. The van der Waals surface area contributed by atoms with E-state index in [9.17, 15) is 15.3 Å². The third-order valence-corrected chi connectivity index (χ3v) is 4.73. The van der Waals surface area contributed by atoms with Gasteiger partial charge in [0.05, 0.1) is 30.6 Å². The van der Waals surface area contributed by atoms with E-state index in [1.807, 2.05) is 31.2 Å². The van der Waals surface area contributed by atoms with Crippen LogP contribution in [0.2, 0.25) is 0 Å². The maximum absolute atomic E-state index is 11.4. The number of allylic oxidation sites excluding steroid dienone is 1. The minimum absolute atomic E-state index is 0.0194. The van der Waals surface area contributed by atoms with Crippen LogP contribution >= 0.6 is 11.8 Å². The van der Waals surface area contributed by atoms with E-state index in [0.717, 1.165) is 22.9 Å². The van der Waals surface area contributed by atoms with Crippen LogP contribution in [0.25, 0.3) is 0 Å². The highest BCUT2D eigenvalue weighted by atomic mass is 32.2. The van der Waals surface area contributed by atoms with Crippen molar-refractivity contribution in [3.8, 4) is 12.1 Å². The number of aryl methyl sites for hydroxylation is 1. The van der Waals surface area contributed by atoms with Crippen molar-refractivity contribution in [2.45, 2.75) is 12.8 Å². The van der Waals surface area contributed by atoms with Crippen LogP contribution in [0.5, 0.6) is 0 Å². The first kappa shape index (κ1) is 17.6. The van der Waals surface area contributed by atoms with Crippen LogP contribution in [-0.2, 0) is 9.53 Å². The largest absolute Gasteiger partial charge is 0.468 e. The number of hydrogen-bond donors (Lipinski definition) is 1. The number of nitriles is 2. The Balaban J connectivity index is 2.53. The number of methoxy groups -OCH3 is 1. The molecule has 1 unspecified atom stereocenters. The summed E-state index contributed by atoms with van der Waals surface area (Å²) in [6.07, 6.45) is 0. The highest BCUT2D eigenvalue weighted by Gasteiger charge is 2.36. The fourth-order valence-corrected chi connectivity index (χ4v) is 3.41. The first-order valence-electron chi connectivity index (χ1n) is 7.16. The van der Waals surface area contributed by atoms with Gasteiger partial charge in [0.1, 0.15) is 16.8 Å². The minimum atomic E-state index is -0.719. The molecule has 0 amide bonds. The maximum atomic E-state index is 11.4.